The van der Waals surface area contributed by atoms with Gasteiger partial charge in [-0.2, -0.15) is 0 Å². The van der Waals surface area contributed by atoms with Crippen LogP contribution < -0.4 is 5.32 Å². The summed E-state index contributed by atoms with van der Waals surface area (Å²) >= 11 is 4.78. The number of para-hydroxylation sites is 1. The molecule has 0 atom stereocenters. The third-order valence-electron chi connectivity index (χ3n) is 4.21. The van der Waals surface area contributed by atoms with Crippen LogP contribution in [0.2, 0.25) is 0 Å². The number of carbonyl (C=O) groups excluding carboxylic acids is 1. The van der Waals surface area contributed by atoms with E-state index in [-0.39, 0.29) is 11.7 Å². The largest absolute Gasteiger partial charge is 0.325 e. The standard InChI is InChI=1S/C21H17BrN6OS/c1-14-11-15(7-8-17(14)22)25-19(29)13-30-21-27-26-20(18-12-23-9-10-24-18)28(21)16-5-3-2-4-6-16/h2-12H,13H2,1H3,(H,25,29). The Hall–Kier alpha value is -3.04. The monoisotopic (exact) mass is 480 g/mol. The van der Waals surface area contributed by atoms with Crippen LogP contribution in [-0.4, -0.2) is 36.4 Å². The minimum atomic E-state index is -0.120. The highest BCUT2D eigenvalue weighted by Crippen LogP contribution is 2.27. The summed E-state index contributed by atoms with van der Waals surface area (Å²) in [6, 6.07) is 15.4. The van der Waals surface area contributed by atoms with Gasteiger partial charge < -0.3 is 5.32 Å². The summed E-state index contributed by atoms with van der Waals surface area (Å²) in [6.07, 6.45) is 4.86. The van der Waals surface area contributed by atoms with Crippen LogP contribution in [0.25, 0.3) is 17.2 Å². The molecule has 0 fully saturated rings. The first-order valence-corrected chi connectivity index (χ1v) is 10.9. The van der Waals surface area contributed by atoms with Gasteiger partial charge in [0.15, 0.2) is 11.0 Å². The number of rotatable bonds is 6. The van der Waals surface area contributed by atoms with Crippen molar-refractivity contribution in [3.05, 3.63) is 77.2 Å². The number of nitrogens with one attached hydrogen (secondary N) is 1. The molecule has 2 aromatic carbocycles. The zero-order valence-electron chi connectivity index (χ0n) is 16.0. The number of aromatic nitrogens is 5. The van der Waals surface area contributed by atoms with Crippen molar-refractivity contribution >= 4 is 39.3 Å². The molecule has 9 heteroatoms. The molecule has 7 nitrogen and oxygen atoms in total. The Labute approximate surface area is 186 Å². The van der Waals surface area contributed by atoms with E-state index in [4.69, 9.17) is 0 Å². The first-order valence-electron chi connectivity index (χ1n) is 9.08. The van der Waals surface area contributed by atoms with Gasteiger partial charge in [-0.15, -0.1) is 10.2 Å². The van der Waals surface area contributed by atoms with E-state index in [9.17, 15) is 4.79 Å². The van der Waals surface area contributed by atoms with E-state index in [1.165, 1.54) is 11.8 Å². The summed E-state index contributed by atoms with van der Waals surface area (Å²) in [5.74, 6) is 0.645. The molecule has 0 aliphatic heterocycles. The first-order chi connectivity index (χ1) is 14.6. The lowest BCUT2D eigenvalue weighted by molar-refractivity contribution is -0.113. The number of anilines is 1. The minimum Gasteiger partial charge on any atom is -0.325 e. The predicted molar refractivity (Wildman–Crippen MR) is 121 cm³/mol. The molecule has 0 aliphatic carbocycles. The van der Waals surface area contributed by atoms with Crippen LogP contribution >= 0.6 is 27.7 Å². The first kappa shape index (κ1) is 20.2. The van der Waals surface area contributed by atoms with Crippen molar-refractivity contribution in [1.82, 2.24) is 24.7 Å². The van der Waals surface area contributed by atoms with Gasteiger partial charge in [-0.3, -0.25) is 14.3 Å². The minimum absolute atomic E-state index is 0.120. The fourth-order valence-electron chi connectivity index (χ4n) is 2.80. The molecule has 0 aliphatic rings. The highest BCUT2D eigenvalue weighted by Gasteiger charge is 2.18. The summed E-state index contributed by atoms with van der Waals surface area (Å²) in [4.78, 5) is 20.9. The third-order valence-corrected chi connectivity index (χ3v) is 6.03. The zero-order valence-corrected chi connectivity index (χ0v) is 18.4. The number of thioether (sulfide) groups is 1. The third kappa shape index (κ3) is 4.58. The van der Waals surface area contributed by atoms with Crippen molar-refractivity contribution in [3.63, 3.8) is 0 Å². The Morgan fingerprint density at radius 3 is 2.70 bits per heavy atom. The number of aryl methyl sites for hydroxylation is 1. The summed E-state index contributed by atoms with van der Waals surface area (Å²) < 4.78 is 2.88. The molecule has 0 saturated heterocycles. The van der Waals surface area contributed by atoms with Crippen molar-refractivity contribution in [1.29, 1.82) is 0 Å². The van der Waals surface area contributed by atoms with Gasteiger partial charge in [-0.05, 0) is 42.8 Å². The molecule has 0 saturated carbocycles. The number of hydrogen-bond donors (Lipinski definition) is 1. The second kappa shape index (κ2) is 9.19. The van der Waals surface area contributed by atoms with Crippen molar-refractivity contribution in [3.8, 4) is 17.2 Å². The molecule has 0 spiro atoms. The molecule has 2 aromatic heterocycles. The van der Waals surface area contributed by atoms with Crippen LogP contribution in [0, 0.1) is 6.92 Å². The van der Waals surface area contributed by atoms with E-state index < -0.39 is 0 Å². The molecular formula is C21H17BrN6OS. The fraction of sp³-hybridized carbons (Fsp3) is 0.0952. The lowest BCUT2D eigenvalue weighted by Crippen LogP contribution is -2.14. The number of halogens is 1. The summed E-state index contributed by atoms with van der Waals surface area (Å²) in [5, 5.41) is 12.1. The van der Waals surface area contributed by atoms with Gasteiger partial charge in [0, 0.05) is 28.2 Å². The Morgan fingerprint density at radius 2 is 1.97 bits per heavy atom. The fourth-order valence-corrected chi connectivity index (χ4v) is 3.80. The second-order valence-corrected chi connectivity index (χ2v) is 8.17. The van der Waals surface area contributed by atoms with Gasteiger partial charge in [0.1, 0.15) is 5.69 Å². The Morgan fingerprint density at radius 1 is 1.13 bits per heavy atom. The predicted octanol–water partition coefficient (Wildman–Crippen LogP) is 4.53. The molecule has 150 valence electrons. The van der Waals surface area contributed by atoms with Crippen molar-refractivity contribution < 1.29 is 4.79 Å². The second-order valence-electron chi connectivity index (χ2n) is 6.37. The Balaban J connectivity index is 1.56. The Kier molecular flexibility index (Phi) is 6.20. The SMILES string of the molecule is Cc1cc(NC(=O)CSc2nnc(-c3cnccn3)n2-c2ccccc2)ccc1Br. The number of benzene rings is 2. The van der Waals surface area contributed by atoms with Gasteiger partial charge in [0.25, 0.3) is 0 Å². The van der Waals surface area contributed by atoms with Crippen molar-refractivity contribution in [2.75, 3.05) is 11.1 Å². The van der Waals surface area contributed by atoms with E-state index in [1.54, 1.807) is 18.6 Å². The van der Waals surface area contributed by atoms with Crippen LogP contribution in [0.15, 0.2) is 76.8 Å². The molecule has 30 heavy (non-hydrogen) atoms. The van der Waals surface area contributed by atoms with Crippen LogP contribution in [0.5, 0.6) is 0 Å². The molecular weight excluding hydrogens is 464 g/mol. The maximum Gasteiger partial charge on any atom is 0.234 e. The summed E-state index contributed by atoms with van der Waals surface area (Å²) in [7, 11) is 0. The lowest BCUT2D eigenvalue weighted by Gasteiger charge is -2.10. The molecule has 4 aromatic rings. The maximum atomic E-state index is 12.5. The van der Waals surface area contributed by atoms with Crippen molar-refractivity contribution in [2.24, 2.45) is 0 Å². The number of hydrogen-bond acceptors (Lipinski definition) is 6. The van der Waals surface area contributed by atoms with Gasteiger partial charge in [-0.1, -0.05) is 45.9 Å². The topological polar surface area (TPSA) is 85.6 Å². The molecule has 1 N–H and O–H groups in total. The zero-order chi connectivity index (χ0) is 20.9. The highest BCUT2D eigenvalue weighted by molar-refractivity contribution is 9.10. The summed E-state index contributed by atoms with van der Waals surface area (Å²) in [5.41, 5.74) is 3.30. The van der Waals surface area contributed by atoms with Crippen molar-refractivity contribution in [2.45, 2.75) is 12.1 Å². The van der Waals surface area contributed by atoms with Crippen LogP contribution in [0.3, 0.4) is 0 Å². The van der Waals surface area contributed by atoms with E-state index >= 15 is 0 Å². The van der Waals surface area contributed by atoms with Crippen LogP contribution in [0.4, 0.5) is 5.69 Å². The molecule has 0 bridgehead atoms. The highest BCUT2D eigenvalue weighted by atomic mass is 79.9. The molecule has 0 radical (unpaired) electrons. The van der Waals surface area contributed by atoms with E-state index in [2.05, 4.69) is 41.4 Å². The van der Waals surface area contributed by atoms with Gasteiger partial charge in [0.2, 0.25) is 5.91 Å². The average molecular weight is 481 g/mol. The lowest BCUT2D eigenvalue weighted by atomic mass is 10.2. The molecule has 2 heterocycles. The molecule has 0 unspecified atom stereocenters. The van der Waals surface area contributed by atoms with Crippen LogP contribution in [-0.2, 0) is 4.79 Å². The summed E-state index contributed by atoms with van der Waals surface area (Å²) in [6.45, 7) is 1.98. The van der Waals surface area contributed by atoms with Gasteiger partial charge >= 0.3 is 0 Å². The van der Waals surface area contributed by atoms with Gasteiger partial charge in [0.05, 0.1) is 11.9 Å². The number of carbonyl (C=O) groups is 1. The number of nitrogens with zero attached hydrogens (tertiary/aromatic N) is 5. The van der Waals surface area contributed by atoms with Crippen LogP contribution in [0.1, 0.15) is 5.56 Å². The van der Waals surface area contributed by atoms with Gasteiger partial charge in [-0.25, -0.2) is 4.98 Å². The normalized spacial score (nSPS) is 10.7. The van der Waals surface area contributed by atoms with E-state index in [0.717, 1.165) is 21.4 Å². The average Bonchev–Trinajstić information content (AvgIpc) is 3.20. The van der Waals surface area contributed by atoms with E-state index in [1.807, 2.05) is 60.0 Å². The molecule has 1 amide bonds. The van der Waals surface area contributed by atoms with E-state index in [0.29, 0.717) is 16.7 Å². The molecule has 4 rings (SSSR count). The Bertz CT molecular complexity index is 1170. The number of amides is 1. The smallest absolute Gasteiger partial charge is 0.234 e. The quantitative estimate of drug-likeness (QED) is 0.408. The maximum absolute atomic E-state index is 12.5.